The van der Waals surface area contributed by atoms with E-state index in [2.05, 4.69) is 0 Å². The van der Waals surface area contributed by atoms with Gasteiger partial charge in [-0.3, -0.25) is 0 Å². The third-order valence-electron chi connectivity index (χ3n) is 3.06. The number of rotatable bonds is 8. The maximum atomic E-state index is 13.4. The van der Waals surface area contributed by atoms with Crippen molar-refractivity contribution in [2.75, 3.05) is 0 Å². The summed E-state index contributed by atoms with van der Waals surface area (Å²) < 4.78 is 166. The Morgan fingerprint density at radius 1 is 0.692 bits per heavy atom. The summed E-state index contributed by atoms with van der Waals surface area (Å²) >= 11 is 0.995. The molecule has 0 N–H and O–H groups in total. The van der Waals surface area contributed by atoms with Crippen LogP contribution < -0.4 is 0 Å². The van der Waals surface area contributed by atoms with Crippen LogP contribution in [0.4, 0.5) is 57.1 Å². The monoisotopic (exact) mass is 528 g/mol. The molecule has 0 spiro atoms. The number of allylic oxidation sites excluding steroid dienone is 2. The van der Waals surface area contributed by atoms with Crippen LogP contribution in [0.2, 0.25) is 0 Å². The largest absolute Gasteiger partial charge is 0.460 e. The summed E-state index contributed by atoms with van der Waals surface area (Å²) in [5.74, 6) is -36.7. The second kappa shape index (κ2) is 7.53. The standard InChI is InChI=1S/C12H10F13I/c1-2-3-4-6(26)5-7(13,14)8(15,16)9(17,18)10(19,20)11(21,22)12(23,24)25/h5H,2-4H2,1H3/b6-5+. The maximum absolute atomic E-state index is 13.4. The summed E-state index contributed by atoms with van der Waals surface area (Å²) in [4.78, 5) is 0. The second-order valence-electron chi connectivity index (χ2n) is 5.11. The average Bonchev–Trinajstić information content (AvgIpc) is 2.42. The van der Waals surface area contributed by atoms with E-state index in [4.69, 9.17) is 0 Å². The van der Waals surface area contributed by atoms with Crippen molar-refractivity contribution < 1.29 is 57.1 Å². The first-order chi connectivity index (χ1) is 11.2. The molecule has 0 unspecified atom stereocenters. The van der Waals surface area contributed by atoms with Crippen molar-refractivity contribution in [1.29, 1.82) is 0 Å². The van der Waals surface area contributed by atoms with Crippen molar-refractivity contribution >= 4 is 22.6 Å². The summed E-state index contributed by atoms with van der Waals surface area (Å²) in [6.07, 6.45) is -8.16. The molecule has 26 heavy (non-hydrogen) atoms. The predicted molar refractivity (Wildman–Crippen MR) is 72.4 cm³/mol. The van der Waals surface area contributed by atoms with Gasteiger partial charge in [-0.05, 0) is 39.0 Å². The van der Waals surface area contributed by atoms with Gasteiger partial charge in [0.15, 0.2) is 0 Å². The Balaban J connectivity index is 6.16. The fourth-order valence-corrected chi connectivity index (χ4v) is 2.26. The molecule has 0 rings (SSSR count). The average molecular weight is 528 g/mol. The van der Waals surface area contributed by atoms with Gasteiger partial charge in [-0.15, -0.1) is 0 Å². The third kappa shape index (κ3) is 4.18. The first-order valence-electron chi connectivity index (χ1n) is 6.53. The Kier molecular flexibility index (Phi) is 7.40. The van der Waals surface area contributed by atoms with Gasteiger partial charge in [0.2, 0.25) is 0 Å². The zero-order valence-corrected chi connectivity index (χ0v) is 14.6. The van der Waals surface area contributed by atoms with Gasteiger partial charge in [0.25, 0.3) is 0 Å². The van der Waals surface area contributed by atoms with E-state index in [1.807, 2.05) is 0 Å². The van der Waals surface area contributed by atoms with Crippen LogP contribution in [-0.2, 0) is 0 Å². The summed E-state index contributed by atoms with van der Waals surface area (Å²) in [6, 6.07) is 0. The normalized spacial score (nSPS) is 16.2. The molecule has 0 aromatic heterocycles. The SMILES string of the molecule is CCCC/C(I)=C\C(F)(F)C(F)(F)C(F)(F)C(F)(F)C(F)(F)C(F)(F)F. The Morgan fingerprint density at radius 2 is 1.08 bits per heavy atom. The van der Waals surface area contributed by atoms with E-state index in [9.17, 15) is 57.1 Å². The minimum absolute atomic E-state index is 0.106. The minimum Gasteiger partial charge on any atom is -0.195 e. The molecule has 0 heterocycles. The Hall–Kier alpha value is -0.440. The van der Waals surface area contributed by atoms with Gasteiger partial charge in [0.1, 0.15) is 0 Å². The third-order valence-corrected chi connectivity index (χ3v) is 3.92. The molecule has 0 atom stereocenters. The molecule has 0 amide bonds. The molecule has 0 saturated heterocycles. The maximum Gasteiger partial charge on any atom is 0.460 e. The summed E-state index contributed by atoms with van der Waals surface area (Å²) in [6.45, 7) is 1.53. The lowest BCUT2D eigenvalue weighted by Crippen LogP contribution is -2.69. The van der Waals surface area contributed by atoms with Gasteiger partial charge in [0, 0.05) is 6.08 Å². The van der Waals surface area contributed by atoms with Crippen LogP contribution in [-0.4, -0.2) is 35.8 Å². The minimum atomic E-state index is -7.85. The fraction of sp³-hybridized carbons (Fsp3) is 0.833. The van der Waals surface area contributed by atoms with Gasteiger partial charge in [0.05, 0.1) is 0 Å². The second-order valence-corrected chi connectivity index (χ2v) is 6.50. The number of unbranched alkanes of at least 4 members (excludes halogenated alkanes) is 1. The zero-order chi connectivity index (χ0) is 21.4. The highest BCUT2D eigenvalue weighted by atomic mass is 127. The van der Waals surface area contributed by atoms with Crippen LogP contribution in [0.3, 0.4) is 0 Å². The van der Waals surface area contributed by atoms with E-state index >= 15 is 0 Å². The van der Waals surface area contributed by atoms with Gasteiger partial charge < -0.3 is 0 Å². The summed E-state index contributed by atoms with van der Waals surface area (Å²) in [5, 5.41) is 0. The molecule has 0 aliphatic carbocycles. The van der Waals surface area contributed by atoms with Crippen molar-refractivity contribution in [1.82, 2.24) is 0 Å². The Morgan fingerprint density at radius 3 is 1.42 bits per heavy atom. The quantitative estimate of drug-likeness (QED) is 0.231. The van der Waals surface area contributed by atoms with Gasteiger partial charge >= 0.3 is 35.8 Å². The van der Waals surface area contributed by atoms with Crippen molar-refractivity contribution in [3.63, 3.8) is 0 Å². The van der Waals surface area contributed by atoms with Gasteiger partial charge in [-0.2, -0.15) is 57.1 Å². The number of alkyl halides is 13. The van der Waals surface area contributed by atoms with E-state index in [-0.39, 0.29) is 12.8 Å². The van der Waals surface area contributed by atoms with Crippen molar-refractivity contribution in [3.8, 4) is 0 Å². The molecule has 14 heteroatoms. The highest BCUT2D eigenvalue weighted by molar-refractivity contribution is 14.1. The van der Waals surface area contributed by atoms with E-state index < -0.39 is 45.4 Å². The van der Waals surface area contributed by atoms with E-state index in [0.717, 1.165) is 22.6 Å². The molecule has 0 aliphatic rings. The number of halogens is 14. The van der Waals surface area contributed by atoms with E-state index in [1.54, 1.807) is 0 Å². The topological polar surface area (TPSA) is 0 Å². The lowest BCUT2D eigenvalue weighted by Gasteiger charge is -2.39. The summed E-state index contributed by atoms with van der Waals surface area (Å²) in [5.41, 5.74) is 0. The van der Waals surface area contributed by atoms with Crippen LogP contribution in [0.1, 0.15) is 26.2 Å². The van der Waals surface area contributed by atoms with E-state index in [0.29, 0.717) is 6.42 Å². The van der Waals surface area contributed by atoms with Gasteiger partial charge in [-0.1, -0.05) is 13.3 Å². The van der Waals surface area contributed by atoms with Gasteiger partial charge in [-0.25, -0.2) is 0 Å². The van der Waals surface area contributed by atoms with Crippen LogP contribution in [0.25, 0.3) is 0 Å². The van der Waals surface area contributed by atoms with Crippen LogP contribution in [0.5, 0.6) is 0 Å². The molecule has 0 nitrogen and oxygen atoms in total. The number of hydrogen-bond acceptors (Lipinski definition) is 0. The Labute approximate surface area is 151 Å². The highest BCUT2D eigenvalue weighted by Crippen LogP contribution is 2.60. The highest BCUT2D eigenvalue weighted by Gasteiger charge is 2.90. The zero-order valence-electron chi connectivity index (χ0n) is 12.5. The lowest BCUT2D eigenvalue weighted by atomic mass is 9.93. The Bertz CT molecular complexity index is 518. The smallest absolute Gasteiger partial charge is 0.195 e. The molecular weight excluding hydrogens is 518 g/mol. The molecule has 0 aliphatic heterocycles. The van der Waals surface area contributed by atoms with Crippen LogP contribution >= 0.6 is 22.6 Å². The first-order valence-corrected chi connectivity index (χ1v) is 7.61. The number of hydrogen-bond donors (Lipinski definition) is 0. The molecule has 0 aromatic carbocycles. The van der Waals surface area contributed by atoms with Crippen LogP contribution in [0.15, 0.2) is 9.66 Å². The molecule has 0 fully saturated rings. The van der Waals surface area contributed by atoms with E-state index in [1.165, 1.54) is 6.92 Å². The molecule has 0 saturated carbocycles. The van der Waals surface area contributed by atoms with Crippen molar-refractivity contribution in [2.45, 2.75) is 62.0 Å². The summed E-state index contributed by atoms with van der Waals surface area (Å²) in [7, 11) is 0. The molecule has 0 radical (unpaired) electrons. The predicted octanol–water partition coefficient (Wildman–Crippen LogP) is 7.23. The lowest BCUT2D eigenvalue weighted by molar-refractivity contribution is -0.436. The fourth-order valence-electron chi connectivity index (χ4n) is 1.49. The van der Waals surface area contributed by atoms with Crippen molar-refractivity contribution in [2.24, 2.45) is 0 Å². The first kappa shape index (κ1) is 25.6. The molecule has 0 bridgehead atoms. The molecule has 156 valence electrons. The van der Waals surface area contributed by atoms with Crippen LogP contribution in [0, 0.1) is 0 Å². The van der Waals surface area contributed by atoms with Crippen molar-refractivity contribution in [3.05, 3.63) is 9.66 Å². The molecule has 0 aromatic rings. The molecular formula is C12H10F13I.